The largest absolute Gasteiger partial charge is 0.396 e. The molecule has 0 unspecified atom stereocenters. The molecule has 1 rings (SSSR count). The van der Waals surface area contributed by atoms with E-state index < -0.39 is 0 Å². The second-order valence-corrected chi connectivity index (χ2v) is 3.75. The Labute approximate surface area is 96.9 Å². The minimum Gasteiger partial charge on any atom is -0.396 e. The zero-order chi connectivity index (χ0) is 11.8. The number of benzene rings is 1. The SMILES string of the molecule is CCN(CCCO)Cc1ccc(C#N)cc1. The Morgan fingerprint density at radius 3 is 2.50 bits per heavy atom. The van der Waals surface area contributed by atoms with Crippen molar-refractivity contribution in [3.05, 3.63) is 35.4 Å². The van der Waals surface area contributed by atoms with Gasteiger partial charge in [0.2, 0.25) is 0 Å². The van der Waals surface area contributed by atoms with E-state index in [0.29, 0.717) is 5.56 Å². The second-order valence-electron chi connectivity index (χ2n) is 3.75. The molecule has 0 heterocycles. The molecule has 0 amide bonds. The molecule has 0 spiro atoms. The lowest BCUT2D eigenvalue weighted by Crippen LogP contribution is -2.24. The highest BCUT2D eigenvalue weighted by molar-refractivity contribution is 5.31. The molecule has 3 heteroatoms. The predicted molar refractivity (Wildman–Crippen MR) is 63.8 cm³/mol. The fourth-order valence-electron chi connectivity index (χ4n) is 1.59. The van der Waals surface area contributed by atoms with E-state index in [0.717, 1.165) is 26.1 Å². The van der Waals surface area contributed by atoms with Crippen LogP contribution >= 0.6 is 0 Å². The molecule has 0 radical (unpaired) electrons. The molecule has 0 aliphatic carbocycles. The third-order valence-electron chi connectivity index (χ3n) is 2.57. The number of rotatable bonds is 6. The van der Waals surface area contributed by atoms with Crippen molar-refractivity contribution >= 4 is 0 Å². The molecule has 1 aromatic carbocycles. The minimum atomic E-state index is 0.240. The Kier molecular flexibility index (Phi) is 5.55. The first-order chi connectivity index (χ1) is 7.80. The maximum absolute atomic E-state index is 8.78. The lowest BCUT2D eigenvalue weighted by Gasteiger charge is -2.19. The number of hydrogen-bond acceptors (Lipinski definition) is 3. The molecule has 3 nitrogen and oxygen atoms in total. The molecule has 16 heavy (non-hydrogen) atoms. The van der Waals surface area contributed by atoms with Gasteiger partial charge in [-0.25, -0.2) is 0 Å². The van der Waals surface area contributed by atoms with Crippen LogP contribution in [0.1, 0.15) is 24.5 Å². The zero-order valence-electron chi connectivity index (χ0n) is 9.69. The normalized spacial score (nSPS) is 10.4. The zero-order valence-corrected chi connectivity index (χ0v) is 9.69. The van der Waals surface area contributed by atoms with E-state index in [1.165, 1.54) is 5.56 Å². The smallest absolute Gasteiger partial charge is 0.0991 e. The van der Waals surface area contributed by atoms with Crippen LogP contribution in [0.5, 0.6) is 0 Å². The van der Waals surface area contributed by atoms with E-state index in [1.54, 1.807) is 0 Å². The summed E-state index contributed by atoms with van der Waals surface area (Å²) in [5, 5.41) is 17.5. The van der Waals surface area contributed by atoms with Crippen molar-refractivity contribution in [1.82, 2.24) is 4.90 Å². The number of nitrogens with zero attached hydrogens (tertiary/aromatic N) is 2. The highest BCUT2D eigenvalue weighted by Gasteiger charge is 2.03. The van der Waals surface area contributed by atoms with E-state index >= 15 is 0 Å². The van der Waals surface area contributed by atoms with Gasteiger partial charge in [-0.1, -0.05) is 19.1 Å². The Morgan fingerprint density at radius 2 is 2.00 bits per heavy atom. The van der Waals surface area contributed by atoms with Gasteiger partial charge in [-0.05, 0) is 30.7 Å². The van der Waals surface area contributed by atoms with Crippen molar-refractivity contribution < 1.29 is 5.11 Å². The van der Waals surface area contributed by atoms with Gasteiger partial charge in [0.25, 0.3) is 0 Å². The first-order valence-electron chi connectivity index (χ1n) is 5.62. The van der Waals surface area contributed by atoms with Gasteiger partial charge in [0.15, 0.2) is 0 Å². The highest BCUT2D eigenvalue weighted by atomic mass is 16.3. The summed E-state index contributed by atoms with van der Waals surface area (Å²) in [7, 11) is 0. The van der Waals surface area contributed by atoms with Crippen LogP contribution in [0.15, 0.2) is 24.3 Å². The van der Waals surface area contributed by atoms with Crippen molar-refractivity contribution in [3.63, 3.8) is 0 Å². The fraction of sp³-hybridized carbons (Fsp3) is 0.462. The molecule has 1 N–H and O–H groups in total. The maximum Gasteiger partial charge on any atom is 0.0991 e. The van der Waals surface area contributed by atoms with Crippen molar-refractivity contribution in [2.75, 3.05) is 19.7 Å². The van der Waals surface area contributed by atoms with Crippen LogP contribution in [0.3, 0.4) is 0 Å². The molecule has 0 bridgehead atoms. The molecule has 86 valence electrons. The Bertz CT molecular complexity index is 340. The standard InChI is InChI=1S/C13H18N2O/c1-2-15(8-3-9-16)11-13-6-4-12(10-14)5-7-13/h4-7,16H,2-3,8-9,11H2,1H3. The molecular formula is C13H18N2O. The summed E-state index contributed by atoms with van der Waals surface area (Å²) in [5.41, 5.74) is 1.90. The molecule has 0 fully saturated rings. The number of nitriles is 1. The summed E-state index contributed by atoms with van der Waals surface area (Å²) in [6, 6.07) is 9.77. The van der Waals surface area contributed by atoms with E-state index in [-0.39, 0.29) is 6.61 Å². The van der Waals surface area contributed by atoms with Gasteiger partial charge in [-0.3, -0.25) is 4.90 Å². The lowest BCUT2D eigenvalue weighted by molar-refractivity contribution is 0.225. The van der Waals surface area contributed by atoms with Crippen molar-refractivity contribution in [2.45, 2.75) is 19.9 Å². The van der Waals surface area contributed by atoms with Crippen LogP contribution in [0.4, 0.5) is 0 Å². The quantitative estimate of drug-likeness (QED) is 0.791. The van der Waals surface area contributed by atoms with Gasteiger partial charge in [-0.15, -0.1) is 0 Å². The molecular weight excluding hydrogens is 200 g/mol. The third kappa shape index (κ3) is 4.01. The molecule has 0 aromatic heterocycles. The molecule has 0 saturated carbocycles. The summed E-state index contributed by atoms with van der Waals surface area (Å²) in [5.74, 6) is 0. The number of aliphatic hydroxyl groups excluding tert-OH is 1. The van der Waals surface area contributed by atoms with E-state index in [4.69, 9.17) is 10.4 Å². The fourth-order valence-corrected chi connectivity index (χ4v) is 1.59. The van der Waals surface area contributed by atoms with Crippen molar-refractivity contribution in [3.8, 4) is 6.07 Å². The van der Waals surface area contributed by atoms with Gasteiger partial charge in [-0.2, -0.15) is 5.26 Å². The van der Waals surface area contributed by atoms with Crippen LogP contribution in [-0.4, -0.2) is 29.7 Å². The third-order valence-corrected chi connectivity index (χ3v) is 2.57. The van der Waals surface area contributed by atoms with Gasteiger partial charge in [0, 0.05) is 19.7 Å². The topological polar surface area (TPSA) is 47.3 Å². The minimum absolute atomic E-state index is 0.240. The molecule has 1 aromatic rings. The van der Waals surface area contributed by atoms with Gasteiger partial charge < -0.3 is 5.11 Å². The molecule has 0 saturated heterocycles. The summed E-state index contributed by atoms with van der Waals surface area (Å²) in [6.07, 6.45) is 0.810. The van der Waals surface area contributed by atoms with E-state index in [9.17, 15) is 0 Å². The van der Waals surface area contributed by atoms with Gasteiger partial charge in [0.05, 0.1) is 11.6 Å². The maximum atomic E-state index is 8.78. The Hall–Kier alpha value is -1.37. The number of aliphatic hydroxyl groups is 1. The van der Waals surface area contributed by atoms with Crippen LogP contribution in [0.25, 0.3) is 0 Å². The van der Waals surface area contributed by atoms with Crippen molar-refractivity contribution in [2.24, 2.45) is 0 Å². The van der Waals surface area contributed by atoms with Crippen molar-refractivity contribution in [1.29, 1.82) is 5.26 Å². The molecule has 0 atom stereocenters. The van der Waals surface area contributed by atoms with Crippen LogP contribution in [0.2, 0.25) is 0 Å². The second kappa shape index (κ2) is 7.00. The van der Waals surface area contributed by atoms with Gasteiger partial charge in [0.1, 0.15) is 0 Å². The first-order valence-corrected chi connectivity index (χ1v) is 5.62. The average Bonchev–Trinajstić information content (AvgIpc) is 2.35. The number of hydrogen-bond donors (Lipinski definition) is 1. The van der Waals surface area contributed by atoms with Crippen LogP contribution < -0.4 is 0 Å². The summed E-state index contributed by atoms with van der Waals surface area (Å²) in [6.45, 7) is 5.11. The summed E-state index contributed by atoms with van der Waals surface area (Å²) in [4.78, 5) is 2.28. The lowest BCUT2D eigenvalue weighted by atomic mass is 10.1. The Balaban J connectivity index is 2.53. The summed E-state index contributed by atoms with van der Waals surface area (Å²) >= 11 is 0. The monoisotopic (exact) mass is 218 g/mol. The average molecular weight is 218 g/mol. The van der Waals surface area contributed by atoms with E-state index in [2.05, 4.69) is 17.9 Å². The first kappa shape index (κ1) is 12.7. The van der Waals surface area contributed by atoms with Crippen LogP contribution in [0, 0.1) is 11.3 Å². The molecule has 0 aliphatic heterocycles. The highest BCUT2D eigenvalue weighted by Crippen LogP contribution is 2.07. The summed E-state index contributed by atoms with van der Waals surface area (Å²) < 4.78 is 0. The predicted octanol–water partition coefficient (Wildman–Crippen LogP) is 1.76. The Morgan fingerprint density at radius 1 is 1.31 bits per heavy atom. The van der Waals surface area contributed by atoms with Crippen LogP contribution in [-0.2, 0) is 6.54 Å². The molecule has 0 aliphatic rings. The van der Waals surface area contributed by atoms with E-state index in [1.807, 2.05) is 24.3 Å². The van der Waals surface area contributed by atoms with Gasteiger partial charge >= 0.3 is 0 Å².